The van der Waals surface area contributed by atoms with Crippen molar-refractivity contribution in [3.8, 4) is 5.75 Å². The number of carbonyl (C=O) groups excluding carboxylic acids is 1. The molecule has 1 amide bonds. The van der Waals surface area contributed by atoms with Crippen molar-refractivity contribution in [2.24, 2.45) is 5.92 Å². The summed E-state index contributed by atoms with van der Waals surface area (Å²) < 4.78 is 42.1. The smallest absolute Gasteiger partial charge is 0.406 e. The van der Waals surface area contributed by atoms with Crippen molar-refractivity contribution in [2.45, 2.75) is 38.1 Å². The van der Waals surface area contributed by atoms with Crippen LogP contribution in [0.25, 0.3) is 21.7 Å². The number of aromatic nitrogens is 2. The minimum absolute atomic E-state index is 0.105. The van der Waals surface area contributed by atoms with Gasteiger partial charge in [0.1, 0.15) is 11.6 Å². The van der Waals surface area contributed by atoms with Crippen LogP contribution in [0.15, 0.2) is 54.9 Å². The first kappa shape index (κ1) is 22.6. The topological polar surface area (TPSA) is 81.3 Å². The first-order valence-electron chi connectivity index (χ1n) is 11.9. The summed E-state index contributed by atoms with van der Waals surface area (Å²) in [5, 5.41) is 2.40. The van der Waals surface area contributed by atoms with Crippen LogP contribution in [0.1, 0.15) is 46.8 Å². The van der Waals surface area contributed by atoms with Crippen molar-refractivity contribution in [1.29, 1.82) is 0 Å². The molecule has 0 aliphatic heterocycles. The van der Waals surface area contributed by atoms with Gasteiger partial charge in [-0.05, 0) is 79.1 Å². The first-order chi connectivity index (χ1) is 17.3. The average Bonchev–Trinajstić information content (AvgIpc) is 3.58. The van der Waals surface area contributed by atoms with Crippen LogP contribution < -0.4 is 10.5 Å². The number of ether oxygens (including phenoxy) is 1. The van der Waals surface area contributed by atoms with Crippen LogP contribution >= 0.6 is 0 Å². The van der Waals surface area contributed by atoms with Crippen molar-refractivity contribution in [1.82, 2.24) is 14.9 Å². The third-order valence-corrected chi connectivity index (χ3v) is 7.05. The van der Waals surface area contributed by atoms with Gasteiger partial charge in [0.05, 0.1) is 11.6 Å². The highest BCUT2D eigenvalue weighted by atomic mass is 19.4. The fourth-order valence-corrected chi connectivity index (χ4v) is 5.19. The van der Waals surface area contributed by atoms with Gasteiger partial charge in [-0.15, -0.1) is 13.2 Å². The Hall–Kier alpha value is -3.88. The molecule has 184 valence electrons. The number of benzene rings is 2. The van der Waals surface area contributed by atoms with Gasteiger partial charge in [0.2, 0.25) is 0 Å². The lowest BCUT2D eigenvalue weighted by molar-refractivity contribution is -0.274. The maximum atomic E-state index is 13.9. The minimum atomic E-state index is -4.74. The van der Waals surface area contributed by atoms with Crippen LogP contribution in [0.2, 0.25) is 0 Å². The van der Waals surface area contributed by atoms with E-state index in [0.717, 1.165) is 40.1 Å². The van der Waals surface area contributed by atoms with Crippen molar-refractivity contribution < 1.29 is 22.7 Å². The van der Waals surface area contributed by atoms with E-state index in [1.54, 1.807) is 36.7 Å². The molecular formula is C27H23F3N4O2. The Morgan fingerprint density at radius 3 is 2.67 bits per heavy atom. The summed E-state index contributed by atoms with van der Waals surface area (Å²) in [4.78, 5) is 24.5. The number of halogens is 3. The van der Waals surface area contributed by atoms with Gasteiger partial charge in [0, 0.05) is 40.7 Å². The molecule has 4 aromatic rings. The summed E-state index contributed by atoms with van der Waals surface area (Å²) >= 11 is 0. The molecule has 2 N–H and O–H groups in total. The molecule has 1 saturated carbocycles. The molecule has 0 spiro atoms. The molecule has 1 unspecified atom stereocenters. The van der Waals surface area contributed by atoms with E-state index in [2.05, 4.69) is 14.7 Å². The molecule has 2 aromatic carbocycles. The number of nitrogens with zero attached hydrogens (tertiary/aromatic N) is 3. The van der Waals surface area contributed by atoms with Crippen LogP contribution in [0, 0.1) is 5.92 Å². The standard InChI is InChI=1S/C27H23F3N4O2/c28-27(29,30)36-18-5-6-19-16(11-18)4-8-24(19)34(14-15-1-2-15)26(35)17-3-7-23-21(12-17)22-13-32-10-9-20(22)25(31)33-23/h3,5-7,9-13,15,24H,1-2,4,8,14H2,(H2,31,33). The number of hydrogen-bond acceptors (Lipinski definition) is 5. The fourth-order valence-electron chi connectivity index (χ4n) is 5.19. The number of anilines is 1. The third-order valence-electron chi connectivity index (χ3n) is 7.05. The second-order valence-electron chi connectivity index (χ2n) is 9.51. The van der Waals surface area contributed by atoms with E-state index in [1.165, 1.54) is 12.1 Å². The molecule has 6 nitrogen and oxygen atoms in total. The minimum Gasteiger partial charge on any atom is -0.406 e. The van der Waals surface area contributed by atoms with E-state index in [0.29, 0.717) is 42.2 Å². The molecule has 0 radical (unpaired) electrons. The number of nitrogen functional groups attached to an aromatic ring is 1. The molecule has 36 heavy (non-hydrogen) atoms. The summed E-state index contributed by atoms with van der Waals surface area (Å²) in [5.41, 5.74) is 8.99. The number of hydrogen-bond donors (Lipinski definition) is 1. The van der Waals surface area contributed by atoms with Gasteiger partial charge in [-0.25, -0.2) is 4.98 Å². The molecular weight excluding hydrogens is 469 g/mol. The number of nitrogens with two attached hydrogens (primary N) is 1. The van der Waals surface area contributed by atoms with Gasteiger partial charge in [-0.3, -0.25) is 9.78 Å². The molecule has 2 heterocycles. The summed E-state index contributed by atoms with van der Waals surface area (Å²) in [6.07, 6.45) is 2.01. The maximum Gasteiger partial charge on any atom is 0.573 e. The van der Waals surface area contributed by atoms with E-state index in [4.69, 9.17) is 5.73 Å². The quantitative estimate of drug-likeness (QED) is 0.356. The van der Waals surface area contributed by atoms with Gasteiger partial charge in [0.25, 0.3) is 5.91 Å². The molecule has 9 heteroatoms. The summed E-state index contributed by atoms with van der Waals surface area (Å²) in [6.45, 7) is 0.615. The predicted molar refractivity (Wildman–Crippen MR) is 129 cm³/mol. The van der Waals surface area contributed by atoms with Gasteiger partial charge in [-0.2, -0.15) is 0 Å². The lowest BCUT2D eigenvalue weighted by atomic mass is 10.0. The molecule has 6 rings (SSSR count). The zero-order valence-corrected chi connectivity index (χ0v) is 19.3. The van der Waals surface area contributed by atoms with E-state index < -0.39 is 6.36 Å². The SMILES string of the molecule is Nc1nc2ccc(C(=O)N(CC3CC3)C3CCc4cc(OC(F)(F)F)ccc43)cc2c2cnccc12. The van der Waals surface area contributed by atoms with Crippen molar-refractivity contribution in [2.75, 3.05) is 12.3 Å². The zero-order valence-electron chi connectivity index (χ0n) is 19.3. The van der Waals surface area contributed by atoms with Gasteiger partial charge < -0.3 is 15.4 Å². The Morgan fingerprint density at radius 1 is 1.06 bits per heavy atom. The van der Waals surface area contributed by atoms with Crippen LogP contribution in [-0.2, 0) is 6.42 Å². The zero-order chi connectivity index (χ0) is 25.0. The monoisotopic (exact) mass is 492 g/mol. The average molecular weight is 493 g/mol. The van der Waals surface area contributed by atoms with E-state index in [1.807, 2.05) is 11.0 Å². The van der Waals surface area contributed by atoms with E-state index >= 15 is 0 Å². The van der Waals surface area contributed by atoms with Crippen molar-refractivity contribution >= 4 is 33.4 Å². The van der Waals surface area contributed by atoms with E-state index in [-0.39, 0.29) is 17.7 Å². The molecule has 1 fully saturated rings. The molecule has 0 saturated heterocycles. The summed E-state index contributed by atoms with van der Waals surface area (Å²) in [7, 11) is 0. The van der Waals surface area contributed by atoms with Crippen molar-refractivity contribution in [3.63, 3.8) is 0 Å². The third kappa shape index (κ3) is 4.19. The number of carbonyl (C=O) groups is 1. The second kappa shape index (κ2) is 8.36. The largest absolute Gasteiger partial charge is 0.573 e. The summed E-state index contributed by atoms with van der Waals surface area (Å²) in [5.74, 6) is 0.512. The molecule has 2 aliphatic carbocycles. The predicted octanol–water partition coefficient (Wildman–Crippen LogP) is 5.80. The molecule has 2 aliphatic rings. The first-order valence-corrected chi connectivity index (χ1v) is 11.9. The maximum absolute atomic E-state index is 13.9. The lowest BCUT2D eigenvalue weighted by Crippen LogP contribution is -2.35. The Balaban J connectivity index is 1.36. The Labute approximate surface area is 204 Å². The summed E-state index contributed by atoms with van der Waals surface area (Å²) in [6, 6.07) is 11.4. The Morgan fingerprint density at radius 2 is 1.89 bits per heavy atom. The van der Waals surface area contributed by atoms with Crippen LogP contribution in [0.5, 0.6) is 5.75 Å². The molecule has 0 bridgehead atoms. The number of pyridine rings is 2. The van der Waals surface area contributed by atoms with Gasteiger partial charge in [-0.1, -0.05) is 6.07 Å². The normalized spacial score (nSPS) is 17.4. The molecule has 1 atom stereocenters. The Bertz CT molecular complexity index is 1500. The molecule has 2 aromatic heterocycles. The fraction of sp³-hybridized carbons (Fsp3) is 0.296. The highest BCUT2D eigenvalue weighted by molar-refractivity contribution is 6.11. The number of amides is 1. The van der Waals surface area contributed by atoms with Crippen molar-refractivity contribution in [3.05, 3.63) is 71.5 Å². The van der Waals surface area contributed by atoms with Gasteiger partial charge >= 0.3 is 6.36 Å². The highest BCUT2D eigenvalue weighted by Gasteiger charge is 2.37. The Kier molecular flexibility index (Phi) is 5.24. The van der Waals surface area contributed by atoms with Crippen LogP contribution in [-0.4, -0.2) is 33.7 Å². The number of alkyl halides is 3. The number of fused-ring (bicyclic) bond motifs is 4. The second-order valence-corrected chi connectivity index (χ2v) is 9.51. The highest BCUT2D eigenvalue weighted by Crippen LogP contribution is 2.42. The van der Waals surface area contributed by atoms with E-state index in [9.17, 15) is 18.0 Å². The number of aryl methyl sites for hydroxylation is 1. The van der Waals surface area contributed by atoms with Gasteiger partial charge in [0.15, 0.2) is 0 Å². The lowest BCUT2D eigenvalue weighted by Gasteiger charge is -2.30. The van der Waals surface area contributed by atoms with Crippen LogP contribution in [0.3, 0.4) is 0 Å². The van der Waals surface area contributed by atoms with Crippen LogP contribution in [0.4, 0.5) is 19.0 Å². The number of rotatable bonds is 5.